The summed E-state index contributed by atoms with van der Waals surface area (Å²) in [6, 6.07) is 1.22. The second-order valence-electron chi connectivity index (χ2n) is 6.44. The molecule has 0 aromatic heterocycles. The Kier molecular flexibility index (Phi) is 7.26. The lowest BCUT2D eigenvalue weighted by atomic mass is 9.91. The Morgan fingerprint density at radius 2 is 1.85 bits per heavy atom. The van der Waals surface area contributed by atoms with Crippen LogP contribution < -0.4 is 0 Å². The van der Waals surface area contributed by atoms with Crippen LogP contribution in [0.4, 0.5) is 0 Å². The molecule has 0 aromatic carbocycles. The highest BCUT2D eigenvalue weighted by Crippen LogP contribution is 2.22. The van der Waals surface area contributed by atoms with Crippen LogP contribution in [0.1, 0.15) is 47.5 Å². The van der Waals surface area contributed by atoms with Gasteiger partial charge in [0.2, 0.25) is 5.91 Å². The Bertz CT molecular complexity index is 378. The minimum Gasteiger partial charge on any atom is -0.467 e. The third kappa shape index (κ3) is 6.05. The quantitative estimate of drug-likeness (QED) is 0.701. The molecule has 5 heteroatoms. The number of ether oxygens (including phenoxy) is 1. The van der Waals surface area contributed by atoms with Gasteiger partial charge in [0, 0.05) is 6.54 Å². The molecule has 0 saturated heterocycles. The van der Waals surface area contributed by atoms with Gasteiger partial charge < -0.3 is 9.64 Å². The Labute approximate surface area is 121 Å². The average molecular weight is 282 g/mol. The molecule has 0 radical (unpaired) electrons. The first-order valence-corrected chi connectivity index (χ1v) is 6.88. The maximum Gasteiger partial charge on any atom is 0.328 e. The van der Waals surface area contributed by atoms with E-state index in [4.69, 9.17) is 10.00 Å². The standard InChI is InChI=1S/C15H26N2O3/c1-11(2)13(14(19)20-6)17(12(18)7-9-16)10-8-15(3,4)5/h11,13H,7-8,10H2,1-6H3. The van der Waals surface area contributed by atoms with Crippen molar-refractivity contribution >= 4 is 11.9 Å². The highest BCUT2D eigenvalue weighted by molar-refractivity contribution is 5.85. The second kappa shape index (κ2) is 7.88. The molecule has 0 rings (SSSR count). The molecule has 0 spiro atoms. The van der Waals surface area contributed by atoms with Gasteiger partial charge in [0.05, 0.1) is 13.2 Å². The van der Waals surface area contributed by atoms with Crippen molar-refractivity contribution in [2.45, 2.75) is 53.5 Å². The van der Waals surface area contributed by atoms with E-state index in [1.807, 2.05) is 19.9 Å². The van der Waals surface area contributed by atoms with Gasteiger partial charge in [0.15, 0.2) is 0 Å². The summed E-state index contributed by atoms with van der Waals surface area (Å²) in [4.78, 5) is 25.5. The van der Waals surface area contributed by atoms with Crippen molar-refractivity contribution in [2.75, 3.05) is 13.7 Å². The minimum absolute atomic E-state index is 0.0445. The lowest BCUT2D eigenvalue weighted by molar-refractivity contribution is -0.155. The summed E-state index contributed by atoms with van der Waals surface area (Å²) in [7, 11) is 1.31. The van der Waals surface area contributed by atoms with Crippen molar-refractivity contribution in [2.24, 2.45) is 11.3 Å². The topological polar surface area (TPSA) is 70.4 Å². The average Bonchev–Trinajstić information content (AvgIpc) is 2.31. The first-order chi connectivity index (χ1) is 9.14. The summed E-state index contributed by atoms with van der Waals surface area (Å²) >= 11 is 0. The van der Waals surface area contributed by atoms with Crippen LogP contribution in [-0.2, 0) is 14.3 Å². The van der Waals surface area contributed by atoms with Crippen LogP contribution in [0.2, 0.25) is 0 Å². The number of hydrogen-bond acceptors (Lipinski definition) is 4. The molecule has 0 aliphatic rings. The summed E-state index contributed by atoms with van der Waals surface area (Å²) in [5.41, 5.74) is 0.0445. The molecule has 1 atom stereocenters. The second-order valence-corrected chi connectivity index (χ2v) is 6.44. The number of nitriles is 1. The molecule has 0 heterocycles. The minimum atomic E-state index is -0.636. The first kappa shape index (κ1) is 18.4. The van der Waals surface area contributed by atoms with Crippen LogP contribution in [0.15, 0.2) is 0 Å². The first-order valence-electron chi connectivity index (χ1n) is 6.88. The van der Waals surface area contributed by atoms with Gasteiger partial charge in [-0.3, -0.25) is 4.79 Å². The highest BCUT2D eigenvalue weighted by atomic mass is 16.5. The maximum atomic E-state index is 12.1. The molecule has 0 aliphatic carbocycles. The van der Waals surface area contributed by atoms with Crippen LogP contribution in [-0.4, -0.2) is 36.5 Å². The van der Waals surface area contributed by atoms with E-state index in [0.717, 1.165) is 6.42 Å². The van der Waals surface area contributed by atoms with Crippen molar-refractivity contribution in [1.29, 1.82) is 5.26 Å². The molecule has 1 unspecified atom stereocenters. The van der Waals surface area contributed by atoms with Crippen LogP contribution in [0, 0.1) is 22.7 Å². The third-order valence-electron chi connectivity index (χ3n) is 3.06. The molecular formula is C15H26N2O3. The van der Waals surface area contributed by atoms with E-state index in [-0.39, 0.29) is 23.7 Å². The van der Waals surface area contributed by atoms with Gasteiger partial charge in [-0.15, -0.1) is 0 Å². The van der Waals surface area contributed by atoms with Crippen LogP contribution >= 0.6 is 0 Å². The molecule has 0 N–H and O–H groups in total. The molecule has 0 aliphatic heterocycles. The van der Waals surface area contributed by atoms with Gasteiger partial charge in [-0.1, -0.05) is 34.6 Å². The zero-order valence-corrected chi connectivity index (χ0v) is 13.4. The zero-order valence-electron chi connectivity index (χ0n) is 13.4. The Morgan fingerprint density at radius 3 is 2.20 bits per heavy atom. The fraction of sp³-hybridized carbons (Fsp3) is 0.800. The normalized spacial score (nSPS) is 12.7. The van der Waals surface area contributed by atoms with Gasteiger partial charge in [-0.2, -0.15) is 5.26 Å². The molecular weight excluding hydrogens is 256 g/mol. The molecule has 1 amide bonds. The summed E-state index contributed by atoms with van der Waals surface area (Å²) < 4.78 is 4.80. The van der Waals surface area contributed by atoms with E-state index >= 15 is 0 Å². The largest absolute Gasteiger partial charge is 0.467 e. The predicted molar refractivity (Wildman–Crippen MR) is 76.7 cm³/mol. The van der Waals surface area contributed by atoms with Crippen LogP contribution in [0.3, 0.4) is 0 Å². The molecule has 0 aromatic rings. The molecule has 0 saturated carbocycles. The SMILES string of the molecule is COC(=O)C(C(C)C)N(CCC(C)(C)C)C(=O)CC#N. The number of nitrogens with zero attached hydrogens (tertiary/aromatic N) is 2. The summed E-state index contributed by atoms with van der Waals surface area (Å²) in [5, 5.41) is 8.72. The van der Waals surface area contributed by atoms with E-state index in [9.17, 15) is 9.59 Å². The van der Waals surface area contributed by atoms with E-state index in [2.05, 4.69) is 20.8 Å². The molecule has 20 heavy (non-hydrogen) atoms. The van der Waals surface area contributed by atoms with E-state index in [1.165, 1.54) is 12.0 Å². The maximum absolute atomic E-state index is 12.1. The van der Waals surface area contributed by atoms with E-state index in [0.29, 0.717) is 6.54 Å². The Morgan fingerprint density at radius 1 is 1.30 bits per heavy atom. The molecule has 0 fully saturated rings. The number of hydrogen-bond donors (Lipinski definition) is 0. The summed E-state index contributed by atoms with van der Waals surface area (Å²) in [6.45, 7) is 10.4. The summed E-state index contributed by atoms with van der Waals surface area (Å²) in [5.74, 6) is -0.814. The van der Waals surface area contributed by atoms with Gasteiger partial charge >= 0.3 is 5.97 Å². The number of methoxy groups -OCH3 is 1. The smallest absolute Gasteiger partial charge is 0.328 e. The highest BCUT2D eigenvalue weighted by Gasteiger charge is 2.33. The van der Waals surface area contributed by atoms with Crippen molar-refractivity contribution in [3.63, 3.8) is 0 Å². The number of amides is 1. The van der Waals surface area contributed by atoms with Crippen molar-refractivity contribution in [3.05, 3.63) is 0 Å². The van der Waals surface area contributed by atoms with Gasteiger partial charge in [0.1, 0.15) is 12.5 Å². The summed E-state index contributed by atoms with van der Waals surface area (Å²) in [6.07, 6.45) is 0.536. The Balaban J connectivity index is 5.21. The van der Waals surface area contributed by atoms with Crippen LogP contribution in [0.25, 0.3) is 0 Å². The lowest BCUT2D eigenvalue weighted by Gasteiger charge is -2.34. The predicted octanol–water partition coefficient (Wildman–Crippen LogP) is 2.36. The van der Waals surface area contributed by atoms with Gasteiger partial charge in [-0.05, 0) is 17.8 Å². The van der Waals surface area contributed by atoms with E-state index in [1.54, 1.807) is 0 Å². The number of rotatable bonds is 6. The van der Waals surface area contributed by atoms with Crippen molar-refractivity contribution < 1.29 is 14.3 Å². The molecule has 5 nitrogen and oxygen atoms in total. The third-order valence-corrected chi connectivity index (χ3v) is 3.06. The lowest BCUT2D eigenvalue weighted by Crippen LogP contribution is -2.49. The number of esters is 1. The van der Waals surface area contributed by atoms with Crippen LogP contribution in [0.5, 0.6) is 0 Å². The fourth-order valence-electron chi connectivity index (χ4n) is 1.92. The van der Waals surface area contributed by atoms with E-state index < -0.39 is 12.0 Å². The zero-order chi connectivity index (χ0) is 15.9. The Hall–Kier alpha value is -1.57. The number of carbonyl (C=O) groups excluding carboxylic acids is 2. The van der Waals surface area contributed by atoms with Gasteiger partial charge in [0.25, 0.3) is 0 Å². The van der Waals surface area contributed by atoms with Crippen molar-refractivity contribution in [3.8, 4) is 6.07 Å². The van der Waals surface area contributed by atoms with Crippen molar-refractivity contribution in [1.82, 2.24) is 4.90 Å². The number of carbonyl (C=O) groups is 2. The van der Waals surface area contributed by atoms with Gasteiger partial charge in [-0.25, -0.2) is 4.79 Å². The fourth-order valence-corrected chi connectivity index (χ4v) is 1.92. The molecule has 114 valence electrons. The monoisotopic (exact) mass is 282 g/mol. The molecule has 0 bridgehead atoms.